The fourth-order valence-electron chi connectivity index (χ4n) is 0. The average molecular weight is 143 g/mol. The molecule has 0 radical (unpaired) electrons. The van der Waals surface area contributed by atoms with Crippen molar-refractivity contribution in [3.63, 3.8) is 0 Å². The van der Waals surface area contributed by atoms with E-state index in [1.807, 2.05) is 0 Å². The third-order valence-electron chi connectivity index (χ3n) is 0. The molecule has 0 atom stereocenters. The van der Waals surface area contributed by atoms with E-state index in [1.54, 1.807) is 0 Å². The first-order chi connectivity index (χ1) is 1.73. The monoisotopic (exact) mass is 143 g/mol. The van der Waals surface area contributed by atoms with Gasteiger partial charge in [0.2, 0.25) is 0 Å². The van der Waals surface area contributed by atoms with Crippen molar-refractivity contribution in [1.29, 1.82) is 0 Å². The molecule has 0 unspecified atom stereocenters. The Balaban J connectivity index is -0.0000000150. The van der Waals surface area contributed by atoms with E-state index in [-0.39, 0.29) is 71.5 Å². The summed E-state index contributed by atoms with van der Waals surface area (Å²) in [4.78, 5) is 8.25. The van der Waals surface area contributed by atoms with Gasteiger partial charge in [-0.25, -0.2) is 0 Å². The zero-order chi connectivity index (χ0) is 3.58. The van der Waals surface area contributed by atoms with Crippen LogP contribution in [0.15, 0.2) is 0 Å². The normalized spacial score (nSPS) is 3.43. The van der Waals surface area contributed by atoms with E-state index in [0.29, 0.717) is 0 Å². The quantitative estimate of drug-likeness (QED) is 0.192. The van der Waals surface area contributed by atoms with Gasteiger partial charge in [-0.05, 0) is 0 Å². The first-order valence-electron chi connectivity index (χ1n) is 0.548. The van der Waals surface area contributed by atoms with Gasteiger partial charge in [0.05, 0.1) is 5.09 Å². The standard InChI is InChI=1S/ClH.NO3.2Na/c;2-1(3)4;;/h1H;;;/q;-1;2*+1/p-1. The number of hydrogen-bond acceptors (Lipinski definition) is 3. The fourth-order valence-corrected chi connectivity index (χ4v) is 0. The Labute approximate surface area is 90.8 Å². The number of halogens is 1. The van der Waals surface area contributed by atoms with Crippen molar-refractivity contribution in [2.45, 2.75) is 0 Å². The van der Waals surface area contributed by atoms with Gasteiger partial charge in [-0.15, -0.1) is 0 Å². The van der Waals surface area contributed by atoms with Crippen LogP contribution in [0.4, 0.5) is 0 Å². The largest absolute Gasteiger partial charge is 1.00 e. The van der Waals surface area contributed by atoms with Gasteiger partial charge >= 0.3 is 59.1 Å². The SMILES string of the molecule is O=[N+]([O-])[O-].[Cl-].[Na+].[Na+]. The van der Waals surface area contributed by atoms with Gasteiger partial charge in [0, 0.05) is 0 Å². The number of nitrogens with zero attached hydrogens (tertiary/aromatic N) is 1. The first kappa shape index (κ1) is 23.6. The maximum absolute atomic E-state index is 8.25. The molecule has 32 valence electrons. The molecule has 0 aromatic rings. The Bertz CT molecular complexity index is 35.9. The van der Waals surface area contributed by atoms with Gasteiger partial charge in [-0.1, -0.05) is 0 Å². The predicted molar refractivity (Wildman–Crippen MR) is 10.4 cm³/mol. The first-order valence-corrected chi connectivity index (χ1v) is 0.548. The Hall–Kier alpha value is 1.49. The second kappa shape index (κ2) is 15.6. The van der Waals surface area contributed by atoms with E-state index in [0.717, 1.165) is 0 Å². The van der Waals surface area contributed by atoms with Crippen molar-refractivity contribution in [2.75, 3.05) is 0 Å². The topological polar surface area (TPSA) is 66.2 Å². The molecule has 0 bridgehead atoms. The number of hydrogen-bond donors (Lipinski definition) is 0. The Morgan fingerprint density at radius 2 is 1.14 bits per heavy atom. The molecule has 0 aliphatic heterocycles. The molecule has 0 saturated carbocycles. The third kappa shape index (κ3) is 102. The van der Waals surface area contributed by atoms with Crippen molar-refractivity contribution in [1.82, 2.24) is 0 Å². The van der Waals surface area contributed by atoms with Crippen molar-refractivity contribution < 1.29 is 76.6 Å². The van der Waals surface area contributed by atoms with Crippen LogP contribution in [0.1, 0.15) is 0 Å². The Morgan fingerprint density at radius 1 is 1.14 bits per heavy atom. The van der Waals surface area contributed by atoms with Gasteiger partial charge in [-0.2, -0.15) is 0 Å². The Kier molecular flexibility index (Phi) is 52.8. The van der Waals surface area contributed by atoms with Gasteiger partial charge in [-0.3, -0.25) is 0 Å². The zero-order valence-corrected chi connectivity index (χ0v) is 8.81. The molecule has 0 amide bonds. The minimum Gasteiger partial charge on any atom is -1.00 e. The molecule has 0 aromatic carbocycles. The van der Waals surface area contributed by atoms with Gasteiger partial charge < -0.3 is 27.7 Å². The van der Waals surface area contributed by atoms with Crippen LogP contribution in [0.2, 0.25) is 0 Å². The third-order valence-corrected chi connectivity index (χ3v) is 0. The summed E-state index contributed by atoms with van der Waals surface area (Å²) in [7, 11) is 0. The van der Waals surface area contributed by atoms with E-state index in [9.17, 15) is 0 Å². The summed E-state index contributed by atoms with van der Waals surface area (Å²) < 4.78 is 0. The summed E-state index contributed by atoms with van der Waals surface area (Å²) in [6.45, 7) is 0. The van der Waals surface area contributed by atoms with Crippen molar-refractivity contribution in [3.8, 4) is 0 Å². The summed E-state index contributed by atoms with van der Waals surface area (Å²) in [5.41, 5.74) is 0. The summed E-state index contributed by atoms with van der Waals surface area (Å²) in [5.74, 6) is 0. The second-order valence-electron chi connectivity index (χ2n) is 0.224. The smallest absolute Gasteiger partial charge is 1.00 e. The van der Waals surface area contributed by atoms with E-state index < -0.39 is 5.09 Å². The molecule has 0 heterocycles. The Morgan fingerprint density at radius 3 is 1.14 bits per heavy atom. The molecule has 0 N–H and O–H groups in total. The molecule has 7 heavy (non-hydrogen) atoms. The van der Waals surface area contributed by atoms with Crippen molar-refractivity contribution in [2.24, 2.45) is 0 Å². The summed E-state index contributed by atoms with van der Waals surface area (Å²) in [6.07, 6.45) is 0. The molecule has 4 nitrogen and oxygen atoms in total. The summed E-state index contributed by atoms with van der Waals surface area (Å²) in [6, 6.07) is 0. The van der Waals surface area contributed by atoms with Crippen LogP contribution < -0.4 is 71.5 Å². The molecular weight excluding hydrogens is 143 g/mol. The van der Waals surface area contributed by atoms with Crippen LogP contribution in [-0.2, 0) is 0 Å². The van der Waals surface area contributed by atoms with Crippen molar-refractivity contribution >= 4 is 0 Å². The maximum atomic E-state index is 8.25. The van der Waals surface area contributed by atoms with Crippen LogP contribution >= 0.6 is 0 Å². The van der Waals surface area contributed by atoms with Gasteiger partial charge in [0.25, 0.3) is 0 Å². The minimum atomic E-state index is -1.75. The molecule has 0 aromatic heterocycles. The fraction of sp³-hybridized carbons (Fsp3) is 0. The van der Waals surface area contributed by atoms with E-state index >= 15 is 0 Å². The molecule has 0 aliphatic carbocycles. The van der Waals surface area contributed by atoms with Gasteiger partial charge in [0.1, 0.15) is 0 Å². The van der Waals surface area contributed by atoms with Crippen LogP contribution in [-0.4, -0.2) is 5.09 Å². The van der Waals surface area contributed by atoms with E-state index in [1.165, 1.54) is 0 Å². The van der Waals surface area contributed by atoms with Crippen LogP contribution in [0.25, 0.3) is 0 Å². The average Bonchev–Trinajstić information content (AvgIpc) is 0.811. The summed E-state index contributed by atoms with van der Waals surface area (Å²) in [5, 5.41) is 14.8. The maximum Gasteiger partial charge on any atom is 1.00 e. The molecule has 0 spiro atoms. The molecular formula is ClNNa2O3. The molecule has 0 aliphatic rings. The van der Waals surface area contributed by atoms with Crippen molar-refractivity contribution in [3.05, 3.63) is 15.3 Å². The molecule has 0 fully saturated rings. The zero-order valence-electron chi connectivity index (χ0n) is 4.05. The predicted octanol–water partition coefficient (Wildman–Crippen LogP) is -9.23. The molecule has 0 rings (SSSR count). The van der Waals surface area contributed by atoms with Crippen LogP contribution in [0, 0.1) is 15.3 Å². The van der Waals surface area contributed by atoms with E-state index in [4.69, 9.17) is 15.3 Å². The molecule has 7 heteroatoms. The summed E-state index contributed by atoms with van der Waals surface area (Å²) >= 11 is 0. The van der Waals surface area contributed by atoms with Gasteiger partial charge in [0.15, 0.2) is 0 Å². The van der Waals surface area contributed by atoms with Crippen LogP contribution in [0.5, 0.6) is 0 Å². The van der Waals surface area contributed by atoms with E-state index in [2.05, 4.69) is 0 Å². The minimum absolute atomic E-state index is 0. The number of rotatable bonds is 0. The van der Waals surface area contributed by atoms with Crippen LogP contribution in [0.3, 0.4) is 0 Å². The second-order valence-corrected chi connectivity index (χ2v) is 0.224. The molecule has 0 saturated heterocycles.